The molecule has 2 aromatic carbocycles. The van der Waals surface area contributed by atoms with Crippen LogP contribution in [0.25, 0.3) is 0 Å². The predicted octanol–water partition coefficient (Wildman–Crippen LogP) is 1.83. The van der Waals surface area contributed by atoms with E-state index in [-0.39, 0.29) is 16.3 Å². The average Bonchev–Trinajstić information content (AvgIpc) is 2.89. The van der Waals surface area contributed by atoms with Crippen molar-refractivity contribution in [2.75, 3.05) is 54.8 Å². The second kappa shape index (κ2) is 10.0. The first kappa shape index (κ1) is 24.4. The smallest absolute Gasteiger partial charge is 0.243 e. The van der Waals surface area contributed by atoms with Crippen molar-refractivity contribution in [1.82, 2.24) is 19.0 Å². The maximum absolute atomic E-state index is 13.0. The summed E-state index contributed by atoms with van der Waals surface area (Å²) >= 11 is 0. The van der Waals surface area contributed by atoms with Crippen molar-refractivity contribution in [1.29, 1.82) is 0 Å². The molecule has 190 valence electrons. The molecule has 2 aliphatic rings. The van der Waals surface area contributed by atoms with Crippen molar-refractivity contribution in [3.8, 4) is 0 Å². The number of sulfonamides is 2. The Balaban J connectivity index is 1.36. The van der Waals surface area contributed by atoms with Gasteiger partial charge in [0, 0.05) is 45.0 Å². The van der Waals surface area contributed by atoms with Gasteiger partial charge < -0.3 is 15.5 Å². The third-order valence-electron chi connectivity index (χ3n) is 6.07. The molecule has 3 aromatic rings. The van der Waals surface area contributed by atoms with E-state index >= 15 is 0 Å². The normalized spacial score (nSPS) is 18.6. The lowest BCUT2D eigenvalue weighted by atomic mass is 10.3. The summed E-state index contributed by atoms with van der Waals surface area (Å²) in [7, 11) is -7.17. The lowest BCUT2D eigenvalue weighted by molar-refractivity contribution is 0.385. The number of hydrogen-bond donors (Lipinski definition) is 3. The number of hydrogen-bond acceptors (Lipinski definition) is 9. The van der Waals surface area contributed by atoms with Crippen LogP contribution in [-0.2, 0) is 20.0 Å². The van der Waals surface area contributed by atoms with E-state index in [1.54, 1.807) is 54.7 Å². The van der Waals surface area contributed by atoms with Gasteiger partial charge in [-0.15, -0.1) is 0 Å². The Labute approximate surface area is 210 Å². The first-order chi connectivity index (χ1) is 17.3. The Hall–Kier alpha value is -3.26. The summed E-state index contributed by atoms with van der Waals surface area (Å²) in [6, 6.07) is 14.9. The highest BCUT2D eigenvalue weighted by Crippen LogP contribution is 2.28. The Morgan fingerprint density at radius 1 is 0.917 bits per heavy atom. The summed E-state index contributed by atoms with van der Waals surface area (Å²) in [6.07, 6.45) is 2.26. The maximum atomic E-state index is 13.0. The minimum absolute atomic E-state index is 0.167. The summed E-state index contributed by atoms with van der Waals surface area (Å²) in [5, 5.41) is 6.37. The molecule has 0 amide bonds. The van der Waals surface area contributed by atoms with Crippen LogP contribution in [0.15, 0.2) is 70.6 Å². The van der Waals surface area contributed by atoms with Gasteiger partial charge in [-0.1, -0.05) is 24.3 Å². The van der Waals surface area contributed by atoms with E-state index in [4.69, 9.17) is 0 Å². The fourth-order valence-electron chi connectivity index (χ4n) is 4.16. The minimum atomic E-state index is -3.62. The summed E-state index contributed by atoms with van der Waals surface area (Å²) in [5.41, 5.74) is 1.32. The van der Waals surface area contributed by atoms with Crippen LogP contribution < -0.4 is 20.3 Å². The average molecular weight is 530 g/mol. The molecule has 36 heavy (non-hydrogen) atoms. The van der Waals surface area contributed by atoms with Crippen LogP contribution in [0.2, 0.25) is 0 Å². The summed E-state index contributed by atoms with van der Waals surface area (Å²) in [4.78, 5) is 11.6. The van der Waals surface area contributed by atoms with E-state index in [0.717, 1.165) is 5.69 Å². The Kier molecular flexibility index (Phi) is 6.79. The fourth-order valence-corrected chi connectivity index (χ4v) is 6.73. The van der Waals surface area contributed by atoms with Gasteiger partial charge >= 0.3 is 0 Å². The quantitative estimate of drug-likeness (QED) is 0.464. The second-order valence-corrected chi connectivity index (χ2v) is 12.2. The van der Waals surface area contributed by atoms with Crippen LogP contribution in [0.4, 0.5) is 23.1 Å². The summed E-state index contributed by atoms with van der Waals surface area (Å²) in [6.45, 7) is 2.41. The molecule has 1 fully saturated rings. The molecular weight excluding hydrogens is 502 g/mol. The molecule has 0 atom stereocenters. The van der Waals surface area contributed by atoms with Crippen LogP contribution in [0.1, 0.15) is 6.42 Å². The molecular formula is C23H27N7O4S2. The lowest BCUT2D eigenvalue weighted by Crippen LogP contribution is -2.48. The van der Waals surface area contributed by atoms with Crippen LogP contribution in [0.3, 0.4) is 0 Å². The van der Waals surface area contributed by atoms with Gasteiger partial charge in [-0.25, -0.2) is 26.5 Å². The van der Waals surface area contributed by atoms with Gasteiger partial charge in [0.1, 0.15) is 0 Å². The SMILES string of the molecule is O=S1(=O)NCCCNc2nc(ncc2N2CCN(S(=O)(=O)c3ccccc3)CC2)Nc2cccc1c2. The zero-order valence-corrected chi connectivity index (χ0v) is 21.1. The van der Waals surface area contributed by atoms with Gasteiger partial charge in [0.05, 0.1) is 21.7 Å². The molecule has 0 unspecified atom stereocenters. The van der Waals surface area contributed by atoms with E-state index in [0.29, 0.717) is 56.6 Å². The van der Waals surface area contributed by atoms with Crippen LogP contribution in [-0.4, -0.2) is 70.4 Å². The number of aromatic nitrogens is 2. The van der Waals surface area contributed by atoms with Gasteiger partial charge in [-0.2, -0.15) is 9.29 Å². The van der Waals surface area contributed by atoms with Crippen molar-refractivity contribution in [3.63, 3.8) is 0 Å². The molecule has 4 bridgehead atoms. The first-order valence-electron chi connectivity index (χ1n) is 11.6. The standard InChI is InChI=1S/C23H27N7O4S2/c31-35(32)20-9-4-6-18(16-20)27-23-25-17-21(22(28-23)24-10-5-11-26-35)29-12-14-30(15-13-29)36(33,34)19-7-2-1-3-8-19/h1-4,6-9,16-17,26H,5,10-15H2,(H2,24,25,27,28). The molecule has 11 nitrogen and oxygen atoms in total. The van der Waals surface area contributed by atoms with E-state index in [1.807, 2.05) is 0 Å². The van der Waals surface area contributed by atoms with Gasteiger partial charge in [0.2, 0.25) is 26.0 Å². The largest absolute Gasteiger partial charge is 0.368 e. The van der Waals surface area contributed by atoms with E-state index < -0.39 is 20.0 Å². The van der Waals surface area contributed by atoms with Gasteiger partial charge in [-0.3, -0.25) is 0 Å². The monoisotopic (exact) mass is 529 g/mol. The van der Waals surface area contributed by atoms with Crippen molar-refractivity contribution in [2.45, 2.75) is 16.2 Å². The molecule has 0 aliphatic carbocycles. The molecule has 0 radical (unpaired) electrons. The van der Waals surface area contributed by atoms with E-state index in [1.165, 1.54) is 10.4 Å². The third-order valence-corrected chi connectivity index (χ3v) is 9.44. The number of piperazine rings is 1. The Bertz CT molecular complexity index is 1440. The van der Waals surface area contributed by atoms with Crippen molar-refractivity contribution in [3.05, 3.63) is 60.8 Å². The molecule has 1 aromatic heterocycles. The molecule has 0 saturated carbocycles. The van der Waals surface area contributed by atoms with Gasteiger partial charge in [0.25, 0.3) is 0 Å². The fraction of sp³-hybridized carbons (Fsp3) is 0.304. The van der Waals surface area contributed by atoms with Gasteiger partial charge in [-0.05, 0) is 36.8 Å². The van der Waals surface area contributed by atoms with Gasteiger partial charge in [0.15, 0.2) is 5.82 Å². The third kappa shape index (κ3) is 5.14. The number of fused-ring (bicyclic) bond motifs is 4. The second-order valence-electron chi connectivity index (χ2n) is 8.46. The Morgan fingerprint density at radius 3 is 2.47 bits per heavy atom. The predicted molar refractivity (Wildman–Crippen MR) is 137 cm³/mol. The lowest BCUT2D eigenvalue weighted by Gasteiger charge is -2.35. The first-order valence-corrected chi connectivity index (χ1v) is 14.5. The number of benzene rings is 2. The number of rotatable bonds is 3. The summed E-state index contributed by atoms with van der Waals surface area (Å²) in [5.74, 6) is 0.929. The van der Waals surface area contributed by atoms with E-state index in [2.05, 4.69) is 30.2 Å². The number of nitrogens with zero attached hydrogens (tertiary/aromatic N) is 4. The molecule has 13 heteroatoms. The van der Waals surface area contributed by atoms with E-state index in [9.17, 15) is 16.8 Å². The van der Waals surface area contributed by atoms with Crippen molar-refractivity contribution < 1.29 is 16.8 Å². The van der Waals surface area contributed by atoms with Crippen molar-refractivity contribution >= 4 is 43.2 Å². The molecule has 3 N–H and O–H groups in total. The van der Waals surface area contributed by atoms with Crippen LogP contribution in [0.5, 0.6) is 0 Å². The number of anilines is 4. The molecule has 1 saturated heterocycles. The van der Waals surface area contributed by atoms with Crippen molar-refractivity contribution in [2.24, 2.45) is 0 Å². The van der Waals surface area contributed by atoms with Crippen LogP contribution >= 0.6 is 0 Å². The van der Waals surface area contributed by atoms with Crippen LogP contribution in [0, 0.1) is 0 Å². The summed E-state index contributed by atoms with van der Waals surface area (Å²) < 4.78 is 55.2. The Morgan fingerprint density at radius 2 is 1.69 bits per heavy atom. The molecule has 2 aliphatic heterocycles. The zero-order chi connectivity index (χ0) is 25.2. The topological polar surface area (TPSA) is 137 Å². The molecule has 5 rings (SSSR count). The minimum Gasteiger partial charge on any atom is -0.368 e. The highest BCUT2D eigenvalue weighted by molar-refractivity contribution is 7.89. The maximum Gasteiger partial charge on any atom is 0.243 e. The highest BCUT2D eigenvalue weighted by Gasteiger charge is 2.29. The highest BCUT2D eigenvalue weighted by atomic mass is 32.2. The number of nitrogens with one attached hydrogen (secondary N) is 3. The molecule has 3 heterocycles. The molecule has 0 spiro atoms. The zero-order valence-electron chi connectivity index (χ0n) is 19.5.